The Morgan fingerprint density at radius 2 is 1.73 bits per heavy atom. The lowest BCUT2D eigenvalue weighted by molar-refractivity contribution is -0.902. The maximum atomic E-state index is 3.19. The summed E-state index contributed by atoms with van der Waals surface area (Å²) in [5, 5.41) is 3.19. The van der Waals surface area contributed by atoms with Crippen LogP contribution in [0.3, 0.4) is 0 Å². The van der Waals surface area contributed by atoms with Gasteiger partial charge >= 0.3 is 0 Å². The summed E-state index contributed by atoms with van der Waals surface area (Å²) in [5.74, 6) is 0. The van der Waals surface area contributed by atoms with Crippen molar-refractivity contribution < 1.29 is 16.9 Å². The van der Waals surface area contributed by atoms with Gasteiger partial charge in [-0.1, -0.05) is 30.3 Å². The largest absolute Gasteiger partial charge is 1.00 e. The molecule has 0 aromatic heterocycles. The first-order chi connectivity index (χ1) is 6.64. The number of nitrogens with zero attached hydrogens (tertiary/aromatic N) is 1. The minimum Gasteiger partial charge on any atom is -1.00 e. The molecule has 0 aliphatic carbocycles. The Balaban J connectivity index is 0.00000196. The van der Waals surface area contributed by atoms with Gasteiger partial charge in [-0.15, -0.1) is 0 Å². The van der Waals surface area contributed by atoms with Gasteiger partial charge in [0.1, 0.15) is 6.54 Å². The first kappa shape index (κ1) is 14.4. The third kappa shape index (κ3) is 5.78. The van der Waals surface area contributed by atoms with Crippen LogP contribution >= 0.6 is 0 Å². The Hall–Kier alpha value is -0.570. The van der Waals surface area contributed by atoms with Crippen molar-refractivity contribution in [3.8, 4) is 0 Å². The van der Waals surface area contributed by atoms with Crippen molar-refractivity contribution in [3.63, 3.8) is 0 Å². The third-order valence-corrected chi connectivity index (χ3v) is 2.42. The second kappa shape index (κ2) is 6.83. The molecule has 1 aromatic rings. The van der Waals surface area contributed by atoms with Gasteiger partial charge in [-0.2, -0.15) is 0 Å². The summed E-state index contributed by atoms with van der Waals surface area (Å²) in [5.41, 5.74) is 1.41. The number of halogens is 1. The van der Waals surface area contributed by atoms with Gasteiger partial charge in [0.2, 0.25) is 0 Å². The normalized spacial score (nSPS) is 10.9. The molecule has 1 rings (SSSR count). The van der Waals surface area contributed by atoms with E-state index in [0.29, 0.717) is 0 Å². The fraction of sp³-hybridized carbons (Fsp3) is 0.500. The molecule has 0 amide bonds. The van der Waals surface area contributed by atoms with E-state index in [4.69, 9.17) is 0 Å². The van der Waals surface area contributed by atoms with E-state index in [9.17, 15) is 0 Å². The van der Waals surface area contributed by atoms with Crippen LogP contribution in [0.2, 0.25) is 0 Å². The number of hydrogen-bond donors (Lipinski definition) is 1. The maximum absolute atomic E-state index is 3.19. The molecule has 86 valence electrons. The van der Waals surface area contributed by atoms with E-state index in [1.54, 1.807) is 0 Å². The van der Waals surface area contributed by atoms with Crippen molar-refractivity contribution in [1.29, 1.82) is 0 Å². The van der Waals surface area contributed by atoms with Gasteiger partial charge in [-0.05, 0) is 7.05 Å². The molecule has 1 N–H and O–H groups in total. The third-order valence-electron chi connectivity index (χ3n) is 2.42. The van der Waals surface area contributed by atoms with E-state index in [1.807, 2.05) is 7.05 Å². The van der Waals surface area contributed by atoms with Gasteiger partial charge < -0.3 is 22.2 Å². The van der Waals surface area contributed by atoms with Crippen LogP contribution in [0.5, 0.6) is 0 Å². The topological polar surface area (TPSA) is 12.0 Å². The molecular formula is C12H21ClN2. The number of nitrogens with one attached hydrogen (secondary N) is 1. The number of likely N-dealkylation sites (N-methyl/N-ethyl adjacent to an activating group) is 2. The van der Waals surface area contributed by atoms with Crippen molar-refractivity contribution in [2.45, 2.75) is 6.54 Å². The molecule has 0 aliphatic rings. The summed E-state index contributed by atoms with van der Waals surface area (Å²) in [6, 6.07) is 10.7. The molecule has 0 atom stereocenters. The average molecular weight is 229 g/mol. The molecule has 0 aliphatic heterocycles. The van der Waals surface area contributed by atoms with Crippen molar-refractivity contribution in [1.82, 2.24) is 5.32 Å². The lowest BCUT2D eigenvalue weighted by atomic mass is 10.2. The molecule has 0 saturated heterocycles. The Kier molecular flexibility index (Phi) is 6.57. The fourth-order valence-corrected chi connectivity index (χ4v) is 1.57. The SMILES string of the molecule is CNCC[N+](C)(C)Cc1ccccc1.[Cl-]. The second-order valence-electron chi connectivity index (χ2n) is 4.41. The highest BCUT2D eigenvalue weighted by Gasteiger charge is 2.14. The zero-order chi connectivity index (χ0) is 10.4. The predicted octanol–water partition coefficient (Wildman–Crippen LogP) is -1.51. The second-order valence-corrected chi connectivity index (χ2v) is 4.41. The molecule has 0 radical (unpaired) electrons. The first-order valence-corrected chi connectivity index (χ1v) is 5.14. The number of benzene rings is 1. The summed E-state index contributed by atoms with van der Waals surface area (Å²) in [4.78, 5) is 0. The number of rotatable bonds is 5. The van der Waals surface area contributed by atoms with E-state index < -0.39 is 0 Å². The molecule has 0 heterocycles. The van der Waals surface area contributed by atoms with Gasteiger partial charge in [0.25, 0.3) is 0 Å². The lowest BCUT2D eigenvalue weighted by Gasteiger charge is -2.29. The Morgan fingerprint density at radius 1 is 1.13 bits per heavy atom. The minimum atomic E-state index is 0. The molecule has 15 heavy (non-hydrogen) atoms. The van der Waals surface area contributed by atoms with Crippen LogP contribution in [-0.4, -0.2) is 38.7 Å². The quantitative estimate of drug-likeness (QED) is 0.605. The highest BCUT2D eigenvalue weighted by atomic mass is 35.5. The number of hydrogen-bond acceptors (Lipinski definition) is 1. The van der Waals surface area contributed by atoms with E-state index in [2.05, 4.69) is 49.7 Å². The molecule has 2 nitrogen and oxygen atoms in total. The zero-order valence-corrected chi connectivity index (χ0v) is 10.6. The van der Waals surface area contributed by atoms with Crippen molar-refractivity contribution in [3.05, 3.63) is 35.9 Å². The summed E-state index contributed by atoms with van der Waals surface area (Å²) in [7, 11) is 6.54. The fourth-order valence-electron chi connectivity index (χ4n) is 1.57. The van der Waals surface area contributed by atoms with Crippen molar-refractivity contribution >= 4 is 0 Å². The standard InChI is InChI=1S/C12H21N2.ClH/c1-13-9-10-14(2,3)11-12-7-5-4-6-8-12;/h4-8,13H,9-11H2,1-3H3;1H/q+1;/p-1. The average Bonchev–Trinajstić information content (AvgIpc) is 2.16. The summed E-state index contributed by atoms with van der Waals surface area (Å²) < 4.78 is 1.03. The van der Waals surface area contributed by atoms with Gasteiger partial charge in [0.15, 0.2) is 0 Å². The molecule has 0 spiro atoms. The van der Waals surface area contributed by atoms with Crippen LogP contribution in [-0.2, 0) is 6.54 Å². The molecule has 0 bridgehead atoms. The van der Waals surface area contributed by atoms with E-state index in [-0.39, 0.29) is 12.4 Å². The van der Waals surface area contributed by atoms with Gasteiger partial charge in [0.05, 0.1) is 20.6 Å². The van der Waals surface area contributed by atoms with Crippen molar-refractivity contribution in [2.24, 2.45) is 0 Å². The smallest absolute Gasteiger partial charge is 0.104 e. The molecular weight excluding hydrogens is 208 g/mol. The lowest BCUT2D eigenvalue weighted by Crippen LogP contribution is -3.00. The Labute approximate surface area is 99.3 Å². The van der Waals surface area contributed by atoms with Crippen LogP contribution in [0.1, 0.15) is 5.56 Å². The summed E-state index contributed by atoms with van der Waals surface area (Å²) in [6.45, 7) is 3.33. The molecule has 0 saturated carbocycles. The van der Waals surface area contributed by atoms with Crippen molar-refractivity contribution in [2.75, 3.05) is 34.2 Å². The number of quaternary nitrogens is 1. The monoisotopic (exact) mass is 228 g/mol. The predicted molar refractivity (Wildman–Crippen MR) is 61.0 cm³/mol. The highest BCUT2D eigenvalue weighted by molar-refractivity contribution is 5.13. The minimum absolute atomic E-state index is 0. The summed E-state index contributed by atoms with van der Waals surface area (Å²) >= 11 is 0. The molecule has 0 fully saturated rings. The highest BCUT2D eigenvalue weighted by Crippen LogP contribution is 2.07. The van der Waals surface area contributed by atoms with E-state index in [1.165, 1.54) is 5.56 Å². The maximum Gasteiger partial charge on any atom is 0.104 e. The van der Waals surface area contributed by atoms with Crippen LogP contribution in [0.25, 0.3) is 0 Å². The van der Waals surface area contributed by atoms with Crippen LogP contribution in [0.15, 0.2) is 30.3 Å². The van der Waals surface area contributed by atoms with Crippen LogP contribution in [0, 0.1) is 0 Å². The summed E-state index contributed by atoms with van der Waals surface area (Å²) in [6.07, 6.45) is 0. The van der Waals surface area contributed by atoms with Gasteiger partial charge in [-0.3, -0.25) is 0 Å². The first-order valence-electron chi connectivity index (χ1n) is 5.14. The Bertz CT molecular complexity index is 260. The van der Waals surface area contributed by atoms with Crippen LogP contribution < -0.4 is 17.7 Å². The molecule has 1 aromatic carbocycles. The molecule has 3 heteroatoms. The molecule has 0 unspecified atom stereocenters. The van der Waals surface area contributed by atoms with Gasteiger partial charge in [0, 0.05) is 12.1 Å². The zero-order valence-electron chi connectivity index (χ0n) is 9.83. The van der Waals surface area contributed by atoms with E-state index >= 15 is 0 Å². The van der Waals surface area contributed by atoms with E-state index in [0.717, 1.165) is 24.1 Å². The van der Waals surface area contributed by atoms with Crippen LogP contribution in [0.4, 0.5) is 0 Å². The van der Waals surface area contributed by atoms with Gasteiger partial charge in [-0.25, -0.2) is 0 Å². The Morgan fingerprint density at radius 3 is 2.27 bits per heavy atom.